The van der Waals surface area contributed by atoms with Crippen LogP contribution in [-0.4, -0.2) is 24.7 Å². The van der Waals surface area contributed by atoms with E-state index in [1.165, 1.54) is 0 Å². The molecular formula is C16H22ClN3O2S. The number of benzene rings is 1. The van der Waals surface area contributed by atoms with Gasteiger partial charge in [0.25, 0.3) is 0 Å². The average Bonchev–Trinajstić information content (AvgIpc) is 2.89. The Hall–Kier alpha value is -1.37. The number of hydrogen-bond acceptors (Lipinski definition) is 3. The normalized spacial score (nSPS) is 12.0. The Morgan fingerprint density at radius 3 is 2.52 bits per heavy atom. The van der Waals surface area contributed by atoms with Crippen molar-refractivity contribution in [3.63, 3.8) is 0 Å². The molecule has 1 aromatic carbocycles. The highest BCUT2D eigenvalue weighted by molar-refractivity contribution is 7.89. The van der Waals surface area contributed by atoms with Gasteiger partial charge in [-0.1, -0.05) is 37.6 Å². The van der Waals surface area contributed by atoms with Crippen LogP contribution in [0.3, 0.4) is 0 Å². The van der Waals surface area contributed by atoms with Crippen LogP contribution in [0.4, 0.5) is 0 Å². The molecule has 2 rings (SSSR count). The van der Waals surface area contributed by atoms with E-state index in [9.17, 15) is 8.42 Å². The van der Waals surface area contributed by atoms with Gasteiger partial charge in [-0.25, -0.2) is 13.1 Å². The zero-order valence-electron chi connectivity index (χ0n) is 13.4. The number of sulfonamides is 1. The fraction of sp³-hybridized carbons (Fsp3) is 0.438. The van der Waals surface area contributed by atoms with Crippen molar-refractivity contribution in [1.29, 1.82) is 0 Å². The quantitative estimate of drug-likeness (QED) is 0.740. The van der Waals surface area contributed by atoms with Crippen molar-refractivity contribution in [2.45, 2.75) is 38.1 Å². The molecular weight excluding hydrogens is 334 g/mol. The minimum atomic E-state index is -3.46. The van der Waals surface area contributed by atoms with E-state index in [2.05, 4.69) is 23.7 Å². The topological polar surface area (TPSA) is 64.0 Å². The maximum atomic E-state index is 12.2. The second kappa shape index (κ2) is 7.95. The van der Waals surface area contributed by atoms with Gasteiger partial charge in [0.05, 0.1) is 16.1 Å². The molecule has 0 atom stereocenters. The largest absolute Gasteiger partial charge is 0.271 e. The van der Waals surface area contributed by atoms with Crippen molar-refractivity contribution in [2.75, 3.05) is 6.54 Å². The Bertz CT molecular complexity index is 724. The molecule has 5 nitrogen and oxygen atoms in total. The van der Waals surface area contributed by atoms with Gasteiger partial charge in [-0.3, -0.25) is 4.68 Å². The van der Waals surface area contributed by atoms with Gasteiger partial charge in [-0.15, -0.1) is 0 Å². The molecule has 2 aromatic rings. The zero-order valence-corrected chi connectivity index (χ0v) is 14.9. The molecule has 23 heavy (non-hydrogen) atoms. The molecule has 7 heteroatoms. The summed E-state index contributed by atoms with van der Waals surface area (Å²) in [7, 11) is -3.46. The van der Waals surface area contributed by atoms with Gasteiger partial charge >= 0.3 is 0 Å². The Labute approximate surface area is 142 Å². The minimum Gasteiger partial charge on any atom is -0.271 e. The molecule has 0 radical (unpaired) electrons. The summed E-state index contributed by atoms with van der Waals surface area (Å²) >= 11 is 5.78. The van der Waals surface area contributed by atoms with Gasteiger partial charge in [0.1, 0.15) is 0 Å². The second-order valence-corrected chi connectivity index (χ2v) is 8.12. The summed E-state index contributed by atoms with van der Waals surface area (Å²) in [5.41, 5.74) is 1.15. The Kier molecular flexibility index (Phi) is 6.21. The van der Waals surface area contributed by atoms with E-state index in [0.29, 0.717) is 35.3 Å². The molecule has 0 aliphatic heterocycles. The van der Waals surface area contributed by atoms with Crippen LogP contribution in [0.5, 0.6) is 0 Å². The number of rotatable bonds is 8. The van der Waals surface area contributed by atoms with Crippen LogP contribution >= 0.6 is 11.6 Å². The van der Waals surface area contributed by atoms with Gasteiger partial charge in [-0.2, -0.15) is 5.10 Å². The number of aryl methyl sites for hydroxylation is 1. The van der Waals surface area contributed by atoms with Crippen LogP contribution in [0.25, 0.3) is 0 Å². The summed E-state index contributed by atoms with van der Waals surface area (Å²) in [6.07, 6.45) is 4.86. The molecule has 1 aromatic heterocycles. The van der Waals surface area contributed by atoms with Gasteiger partial charge in [0.2, 0.25) is 10.0 Å². The van der Waals surface area contributed by atoms with Crippen molar-refractivity contribution in [3.8, 4) is 0 Å². The van der Waals surface area contributed by atoms with Crippen molar-refractivity contribution in [3.05, 3.63) is 47.2 Å². The third kappa shape index (κ3) is 5.64. The lowest BCUT2D eigenvalue weighted by Crippen LogP contribution is -2.25. The molecule has 0 amide bonds. The Morgan fingerprint density at radius 1 is 1.26 bits per heavy atom. The highest BCUT2D eigenvalue weighted by Crippen LogP contribution is 2.13. The van der Waals surface area contributed by atoms with E-state index in [-0.39, 0.29) is 0 Å². The van der Waals surface area contributed by atoms with Gasteiger partial charge in [0.15, 0.2) is 0 Å². The summed E-state index contributed by atoms with van der Waals surface area (Å²) in [6.45, 7) is 5.24. The van der Waals surface area contributed by atoms with Crippen molar-refractivity contribution < 1.29 is 8.42 Å². The lowest BCUT2D eigenvalue weighted by Gasteiger charge is -2.09. The first kappa shape index (κ1) is 18.0. The molecule has 0 bridgehead atoms. The van der Waals surface area contributed by atoms with Crippen LogP contribution < -0.4 is 4.72 Å². The third-order valence-corrected chi connectivity index (χ3v) is 5.01. The van der Waals surface area contributed by atoms with Crippen molar-refractivity contribution in [1.82, 2.24) is 14.5 Å². The molecule has 0 saturated heterocycles. The smallest absolute Gasteiger partial charge is 0.240 e. The highest BCUT2D eigenvalue weighted by atomic mass is 35.5. The molecule has 0 fully saturated rings. The zero-order chi connectivity index (χ0) is 16.9. The molecule has 1 heterocycles. The number of hydrogen-bond donors (Lipinski definition) is 1. The first-order valence-corrected chi connectivity index (χ1v) is 9.49. The molecule has 1 N–H and O–H groups in total. The molecule has 0 spiro atoms. The average molecular weight is 356 g/mol. The first-order chi connectivity index (χ1) is 10.9. The number of halogens is 1. The number of nitrogens with zero attached hydrogens (tertiary/aromatic N) is 2. The van der Waals surface area contributed by atoms with E-state index < -0.39 is 10.0 Å². The minimum absolute atomic E-state index is 0.298. The standard InChI is InChI=1S/C16H22ClN3O2S/c1-13(2)10-14-4-6-16(7-5-14)23(21,22)19-8-3-9-20-12-15(17)11-18-20/h4-7,11-13,19H,3,8-10H2,1-2H3. The predicted octanol–water partition coefficient (Wildman–Crippen LogP) is 3.10. The van der Waals surface area contributed by atoms with Crippen LogP contribution in [-0.2, 0) is 23.0 Å². The summed E-state index contributed by atoms with van der Waals surface area (Å²) < 4.78 is 28.8. The van der Waals surface area contributed by atoms with Gasteiger partial charge in [0, 0.05) is 19.3 Å². The van der Waals surface area contributed by atoms with E-state index >= 15 is 0 Å². The number of nitrogens with one attached hydrogen (secondary N) is 1. The van der Waals surface area contributed by atoms with Crippen molar-refractivity contribution in [2.24, 2.45) is 5.92 Å². The molecule has 0 aliphatic carbocycles. The fourth-order valence-electron chi connectivity index (χ4n) is 2.27. The summed E-state index contributed by atoms with van der Waals surface area (Å²) in [5.74, 6) is 0.548. The summed E-state index contributed by atoms with van der Waals surface area (Å²) in [4.78, 5) is 0.298. The van der Waals surface area contributed by atoms with Crippen LogP contribution in [0.1, 0.15) is 25.8 Å². The van der Waals surface area contributed by atoms with Gasteiger partial charge < -0.3 is 0 Å². The maximum absolute atomic E-state index is 12.2. The van der Waals surface area contributed by atoms with Gasteiger partial charge in [-0.05, 0) is 36.5 Å². The first-order valence-electron chi connectivity index (χ1n) is 7.63. The Morgan fingerprint density at radius 2 is 1.96 bits per heavy atom. The number of aromatic nitrogens is 2. The second-order valence-electron chi connectivity index (χ2n) is 5.91. The predicted molar refractivity (Wildman–Crippen MR) is 92.0 cm³/mol. The lowest BCUT2D eigenvalue weighted by molar-refractivity contribution is 0.553. The molecule has 0 aliphatic rings. The summed E-state index contributed by atoms with van der Waals surface area (Å²) in [6, 6.07) is 7.07. The van der Waals surface area contributed by atoms with E-state index in [1.54, 1.807) is 29.2 Å². The third-order valence-electron chi connectivity index (χ3n) is 3.34. The SMILES string of the molecule is CC(C)Cc1ccc(S(=O)(=O)NCCCn2cc(Cl)cn2)cc1. The van der Waals surface area contributed by atoms with Crippen LogP contribution in [0.15, 0.2) is 41.6 Å². The fourth-order valence-corrected chi connectivity index (χ4v) is 3.50. The molecule has 0 unspecified atom stereocenters. The summed E-state index contributed by atoms with van der Waals surface area (Å²) in [5, 5.41) is 4.62. The highest BCUT2D eigenvalue weighted by Gasteiger charge is 2.13. The monoisotopic (exact) mass is 355 g/mol. The lowest BCUT2D eigenvalue weighted by atomic mass is 10.0. The maximum Gasteiger partial charge on any atom is 0.240 e. The van der Waals surface area contributed by atoms with E-state index in [0.717, 1.165) is 12.0 Å². The Balaban J connectivity index is 1.85. The van der Waals surface area contributed by atoms with Crippen LogP contribution in [0, 0.1) is 5.92 Å². The molecule has 0 saturated carbocycles. The van der Waals surface area contributed by atoms with Crippen LogP contribution in [0.2, 0.25) is 5.02 Å². The molecule has 126 valence electrons. The van der Waals surface area contributed by atoms with Crippen molar-refractivity contribution >= 4 is 21.6 Å². The van der Waals surface area contributed by atoms with E-state index in [4.69, 9.17) is 11.6 Å². The van der Waals surface area contributed by atoms with E-state index in [1.807, 2.05) is 12.1 Å².